The molecule has 0 aromatic rings. The van der Waals surface area contributed by atoms with Gasteiger partial charge in [-0.1, -0.05) is 27.7 Å². The van der Waals surface area contributed by atoms with E-state index in [0.717, 1.165) is 0 Å². The van der Waals surface area contributed by atoms with Gasteiger partial charge < -0.3 is 23.3 Å². The molecule has 0 aliphatic carbocycles. The molecule has 3 heterocycles. The van der Waals surface area contributed by atoms with E-state index in [-0.39, 0.29) is 30.3 Å². The normalized spacial score (nSPS) is 47.9. The monoisotopic (exact) mass is 530 g/mol. The van der Waals surface area contributed by atoms with Crippen molar-refractivity contribution in [1.82, 2.24) is 0 Å². The molecule has 0 radical (unpaired) electrons. The van der Waals surface area contributed by atoms with Crippen molar-refractivity contribution in [3.05, 3.63) is 0 Å². The molecular formula is C20H40O10P2Si. The number of phosphoric ester groups is 1. The number of rotatable bonds is 2. The topological polar surface area (TPSA) is 119 Å². The molecule has 0 saturated carbocycles. The molecule has 13 heteroatoms. The maximum absolute atomic E-state index is 13.3. The number of phosphoric acid groups is 1. The van der Waals surface area contributed by atoms with Crippen molar-refractivity contribution >= 4 is 23.7 Å². The lowest BCUT2D eigenvalue weighted by Gasteiger charge is -2.40. The quantitative estimate of drug-likeness (QED) is 0.408. The van der Waals surface area contributed by atoms with Crippen LogP contribution in [0.25, 0.3) is 0 Å². The van der Waals surface area contributed by atoms with Crippen molar-refractivity contribution in [2.45, 2.75) is 102 Å². The van der Waals surface area contributed by atoms with Crippen molar-refractivity contribution in [2.75, 3.05) is 19.9 Å². The van der Waals surface area contributed by atoms with Crippen LogP contribution in [-0.2, 0) is 41.1 Å². The Morgan fingerprint density at radius 1 is 0.909 bits per heavy atom. The molecule has 0 bridgehead atoms. The first kappa shape index (κ1) is 27.9. The van der Waals surface area contributed by atoms with Crippen molar-refractivity contribution in [2.24, 2.45) is 5.92 Å². The number of fused-ring (bicyclic) bond motifs is 2. The summed E-state index contributed by atoms with van der Waals surface area (Å²) in [6, 6.07) is 0. The molecule has 3 aliphatic heterocycles. The zero-order valence-electron chi connectivity index (χ0n) is 21.0. The van der Waals surface area contributed by atoms with Gasteiger partial charge in [-0.3, -0.25) is 18.1 Å². The summed E-state index contributed by atoms with van der Waals surface area (Å²) in [5.74, 6) is -0.194. The minimum atomic E-state index is -4.43. The van der Waals surface area contributed by atoms with E-state index in [1.165, 1.54) is 6.66 Å². The first-order valence-corrected chi connectivity index (χ1v) is 17.9. The Bertz CT molecular complexity index is 802. The summed E-state index contributed by atoms with van der Waals surface area (Å²) in [4.78, 5) is 10.4. The molecule has 3 rings (SSSR count). The van der Waals surface area contributed by atoms with Crippen LogP contribution in [0.2, 0.25) is 18.1 Å². The lowest BCUT2D eigenvalue weighted by atomic mass is 10.00. The van der Waals surface area contributed by atoms with Gasteiger partial charge in [0, 0.05) is 12.6 Å². The van der Waals surface area contributed by atoms with E-state index in [4.69, 9.17) is 32.0 Å². The zero-order chi connectivity index (χ0) is 25.0. The van der Waals surface area contributed by atoms with E-state index in [2.05, 4.69) is 33.9 Å². The molecule has 10 atom stereocenters. The van der Waals surface area contributed by atoms with E-state index in [9.17, 15) is 14.0 Å². The summed E-state index contributed by atoms with van der Waals surface area (Å²) in [6.07, 6.45) is -4.26. The average Bonchev–Trinajstić information content (AvgIpc) is 3.07. The Kier molecular flexibility index (Phi) is 8.19. The molecule has 4 unspecified atom stereocenters. The smallest absolute Gasteiger partial charge is 0.409 e. The Hall–Kier alpha value is 0.357. The van der Waals surface area contributed by atoms with Gasteiger partial charge in [0.15, 0.2) is 8.32 Å². The number of hydrogen-bond acceptors (Lipinski definition) is 9. The van der Waals surface area contributed by atoms with Crippen LogP contribution in [0.3, 0.4) is 0 Å². The molecule has 33 heavy (non-hydrogen) atoms. The molecule has 0 spiro atoms. The molecule has 3 aliphatic rings. The number of hydrogen-bond donors (Lipinski definition) is 1. The fraction of sp³-hybridized carbons (Fsp3) is 1.00. The molecule has 194 valence electrons. The lowest BCUT2D eigenvalue weighted by molar-refractivity contribution is -0.0435. The van der Waals surface area contributed by atoms with Gasteiger partial charge in [-0.05, 0) is 32.0 Å². The molecular weight excluding hydrogens is 490 g/mol. The summed E-state index contributed by atoms with van der Waals surface area (Å²) >= 11 is 0. The van der Waals surface area contributed by atoms with Crippen LogP contribution in [0, 0.1) is 5.92 Å². The highest BCUT2D eigenvalue weighted by atomic mass is 31.2. The molecule has 3 saturated heterocycles. The largest absolute Gasteiger partial charge is 0.472 e. The summed E-state index contributed by atoms with van der Waals surface area (Å²) in [7, 11) is -10.2. The fourth-order valence-electron chi connectivity index (χ4n) is 4.04. The van der Waals surface area contributed by atoms with Crippen LogP contribution in [-0.4, -0.2) is 75.8 Å². The van der Waals surface area contributed by atoms with Gasteiger partial charge in [0.1, 0.15) is 30.5 Å². The fourth-order valence-corrected chi connectivity index (χ4v) is 7.61. The van der Waals surface area contributed by atoms with Gasteiger partial charge in [0.25, 0.3) is 0 Å². The Labute approximate surface area is 198 Å². The van der Waals surface area contributed by atoms with Gasteiger partial charge in [-0.2, -0.15) is 0 Å². The van der Waals surface area contributed by atoms with Crippen LogP contribution in [0.4, 0.5) is 0 Å². The highest BCUT2D eigenvalue weighted by Gasteiger charge is 2.53. The van der Waals surface area contributed by atoms with Gasteiger partial charge in [0.2, 0.25) is 0 Å². The second-order valence-electron chi connectivity index (χ2n) is 10.9. The highest BCUT2D eigenvalue weighted by molar-refractivity contribution is 7.53. The first-order valence-electron chi connectivity index (χ1n) is 11.5. The third kappa shape index (κ3) is 6.38. The lowest BCUT2D eigenvalue weighted by Crippen LogP contribution is -2.49. The van der Waals surface area contributed by atoms with E-state index >= 15 is 0 Å². The Morgan fingerprint density at radius 2 is 1.45 bits per heavy atom. The van der Waals surface area contributed by atoms with E-state index < -0.39 is 60.4 Å². The summed E-state index contributed by atoms with van der Waals surface area (Å²) < 4.78 is 67.0. The van der Waals surface area contributed by atoms with Gasteiger partial charge in [0.05, 0.1) is 25.4 Å². The highest BCUT2D eigenvalue weighted by Crippen LogP contribution is 2.53. The Balaban J connectivity index is 1.88. The minimum Gasteiger partial charge on any atom is -0.409 e. The van der Waals surface area contributed by atoms with Crippen LogP contribution in [0.1, 0.15) is 41.5 Å². The van der Waals surface area contributed by atoms with Crippen molar-refractivity contribution in [1.29, 1.82) is 0 Å². The average molecular weight is 531 g/mol. The zero-order valence-corrected chi connectivity index (χ0v) is 23.8. The van der Waals surface area contributed by atoms with E-state index in [0.29, 0.717) is 0 Å². The minimum absolute atomic E-state index is 0.0735. The maximum Gasteiger partial charge on any atom is 0.472 e. The van der Waals surface area contributed by atoms with Crippen molar-refractivity contribution < 1.29 is 46.0 Å². The summed E-state index contributed by atoms with van der Waals surface area (Å²) in [5, 5.41) is -0.0735. The summed E-state index contributed by atoms with van der Waals surface area (Å²) in [5.41, 5.74) is 0. The second-order valence-corrected chi connectivity index (χ2v) is 19.1. The SMILES string of the molecule is CC1[C@H](C)O[C@@H]2COP(C)(=O)OC3[C@@H](COP(=O)(O)O[C@H]12)O[C@@H](C)[C@H]3O[Si](C)(C)C(C)(C)C. The third-order valence-electron chi connectivity index (χ3n) is 7.24. The summed E-state index contributed by atoms with van der Waals surface area (Å²) in [6.45, 7) is 17.1. The van der Waals surface area contributed by atoms with Crippen LogP contribution in [0.5, 0.6) is 0 Å². The molecule has 0 aromatic carbocycles. The maximum atomic E-state index is 13.3. The molecule has 3 fully saturated rings. The van der Waals surface area contributed by atoms with E-state index in [1.807, 2.05) is 20.8 Å². The third-order valence-corrected chi connectivity index (χ3v) is 13.9. The van der Waals surface area contributed by atoms with Crippen molar-refractivity contribution in [3.8, 4) is 0 Å². The van der Waals surface area contributed by atoms with Crippen LogP contribution in [0.15, 0.2) is 0 Å². The van der Waals surface area contributed by atoms with Gasteiger partial charge in [-0.15, -0.1) is 0 Å². The Morgan fingerprint density at radius 3 is 2.06 bits per heavy atom. The first-order chi connectivity index (χ1) is 14.9. The van der Waals surface area contributed by atoms with Crippen LogP contribution < -0.4 is 0 Å². The second kappa shape index (κ2) is 9.67. The number of ether oxygens (including phenoxy) is 2. The predicted molar refractivity (Wildman–Crippen MR) is 125 cm³/mol. The molecule has 0 amide bonds. The predicted octanol–water partition coefficient (Wildman–Crippen LogP) is 4.33. The molecule has 1 N–H and O–H groups in total. The van der Waals surface area contributed by atoms with E-state index in [1.54, 1.807) is 0 Å². The van der Waals surface area contributed by atoms with Crippen molar-refractivity contribution in [3.63, 3.8) is 0 Å². The van der Waals surface area contributed by atoms with Gasteiger partial charge in [-0.25, -0.2) is 4.57 Å². The standard InChI is InChI=1S/C20H40O10P2Si/c1-12-13(2)26-15-10-24-31(7,21)28-19-16(11-25-32(22,23)29-17(12)15)27-14(3)18(19)30-33(8,9)20(4,5)6/h12-19H,10-11H2,1-9H3,(H,22,23)/t12?,13-,14-,15+,16+,17+,18+,19?,31?/m0/s1. The van der Waals surface area contributed by atoms with Crippen LogP contribution >= 0.6 is 15.4 Å². The van der Waals surface area contributed by atoms with Gasteiger partial charge >= 0.3 is 15.4 Å². The molecule has 0 aromatic heterocycles. The molecule has 10 nitrogen and oxygen atoms in total.